The third kappa shape index (κ3) is 2.87. The van der Waals surface area contributed by atoms with E-state index >= 15 is 0 Å². The number of rotatable bonds is 2. The van der Waals surface area contributed by atoms with Crippen molar-refractivity contribution in [3.05, 3.63) is 0 Å². The SMILES string of the molecule is NC1CCCC(C(=O)C2CCOC3(CCCC3)C2)C1. The number of carbonyl (C=O) groups excluding carboxylic acids is 1. The fourth-order valence-electron chi connectivity index (χ4n) is 4.46. The Bertz CT molecular complexity index is 336. The smallest absolute Gasteiger partial charge is 0.139 e. The van der Waals surface area contributed by atoms with Gasteiger partial charge in [-0.3, -0.25) is 4.79 Å². The van der Waals surface area contributed by atoms with E-state index in [0.717, 1.165) is 45.1 Å². The van der Waals surface area contributed by atoms with Crippen LogP contribution in [0.15, 0.2) is 0 Å². The van der Waals surface area contributed by atoms with Crippen LogP contribution in [-0.4, -0.2) is 24.0 Å². The summed E-state index contributed by atoms with van der Waals surface area (Å²) in [7, 11) is 0. The molecule has 0 amide bonds. The van der Waals surface area contributed by atoms with Crippen molar-refractivity contribution in [1.82, 2.24) is 0 Å². The van der Waals surface area contributed by atoms with Crippen LogP contribution in [0.1, 0.15) is 64.2 Å². The molecule has 0 aromatic carbocycles. The van der Waals surface area contributed by atoms with Crippen LogP contribution in [0.2, 0.25) is 0 Å². The maximum Gasteiger partial charge on any atom is 0.139 e. The van der Waals surface area contributed by atoms with Gasteiger partial charge in [0.25, 0.3) is 0 Å². The molecule has 2 saturated carbocycles. The molecule has 1 saturated heterocycles. The summed E-state index contributed by atoms with van der Waals surface area (Å²) in [6.45, 7) is 0.787. The Kier molecular flexibility index (Phi) is 3.95. The molecule has 0 aromatic heterocycles. The number of hydrogen-bond donors (Lipinski definition) is 1. The molecule has 3 atom stereocenters. The molecule has 0 radical (unpaired) electrons. The van der Waals surface area contributed by atoms with Gasteiger partial charge in [-0.1, -0.05) is 19.3 Å². The number of carbonyl (C=O) groups is 1. The summed E-state index contributed by atoms with van der Waals surface area (Å²) < 4.78 is 6.04. The van der Waals surface area contributed by atoms with Crippen LogP contribution in [0.4, 0.5) is 0 Å². The summed E-state index contributed by atoms with van der Waals surface area (Å²) >= 11 is 0. The normalized spacial score (nSPS) is 38.5. The molecule has 1 heterocycles. The average molecular weight is 265 g/mol. The van der Waals surface area contributed by atoms with Crippen LogP contribution in [0, 0.1) is 11.8 Å². The van der Waals surface area contributed by atoms with Crippen LogP contribution >= 0.6 is 0 Å². The zero-order valence-corrected chi connectivity index (χ0v) is 11.9. The van der Waals surface area contributed by atoms with E-state index in [0.29, 0.717) is 5.78 Å². The van der Waals surface area contributed by atoms with E-state index in [9.17, 15) is 4.79 Å². The topological polar surface area (TPSA) is 52.3 Å². The Morgan fingerprint density at radius 2 is 1.84 bits per heavy atom. The fourth-order valence-corrected chi connectivity index (χ4v) is 4.46. The van der Waals surface area contributed by atoms with Gasteiger partial charge in [-0.25, -0.2) is 0 Å². The molecular formula is C16H27NO2. The summed E-state index contributed by atoms with van der Waals surface area (Å²) in [5, 5.41) is 0. The Morgan fingerprint density at radius 3 is 2.58 bits per heavy atom. The Morgan fingerprint density at radius 1 is 1.05 bits per heavy atom. The number of hydrogen-bond acceptors (Lipinski definition) is 3. The zero-order valence-electron chi connectivity index (χ0n) is 11.9. The second-order valence-electron chi connectivity index (χ2n) is 6.95. The summed E-state index contributed by atoms with van der Waals surface area (Å²) in [4.78, 5) is 12.7. The fraction of sp³-hybridized carbons (Fsp3) is 0.938. The van der Waals surface area contributed by atoms with Gasteiger partial charge >= 0.3 is 0 Å². The van der Waals surface area contributed by atoms with Crippen LogP contribution in [0.3, 0.4) is 0 Å². The highest BCUT2D eigenvalue weighted by Crippen LogP contribution is 2.43. The Hall–Kier alpha value is -0.410. The number of Topliss-reactive ketones (excluding diaryl/α,β-unsaturated/α-hetero) is 1. The number of ether oxygens (including phenoxy) is 1. The van der Waals surface area contributed by atoms with E-state index in [-0.39, 0.29) is 23.5 Å². The van der Waals surface area contributed by atoms with Gasteiger partial charge in [-0.2, -0.15) is 0 Å². The summed E-state index contributed by atoms with van der Waals surface area (Å²) in [6.07, 6.45) is 11.0. The lowest BCUT2D eigenvalue weighted by atomic mass is 9.74. The number of ketones is 1. The summed E-state index contributed by atoms with van der Waals surface area (Å²) in [6, 6.07) is 0.253. The quantitative estimate of drug-likeness (QED) is 0.835. The summed E-state index contributed by atoms with van der Waals surface area (Å²) in [5.41, 5.74) is 6.10. The molecule has 3 rings (SSSR count). The lowest BCUT2D eigenvalue weighted by molar-refractivity contribution is -0.141. The predicted octanol–water partition coefficient (Wildman–Crippen LogP) is 2.81. The number of nitrogens with two attached hydrogens (primary N) is 1. The van der Waals surface area contributed by atoms with E-state index in [2.05, 4.69) is 0 Å². The van der Waals surface area contributed by atoms with Crippen molar-refractivity contribution in [2.75, 3.05) is 6.61 Å². The Labute approximate surface area is 116 Å². The maximum atomic E-state index is 12.7. The molecule has 19 heavy (non-hydrogen) atoms. The lowest BCUT2D eigenvalue weighted by Crippen LogP contribution is -2.42. The van der Waals surface area contributed by atoms with Crippen LogP contribution in [-0.2, 0) is 9.53 Å². The highest BCUT2D eigenvalue weighted by atomic mass is 16.5. The molecule has 3 heteroatoms. The van der Waals surface area contributed by atoms with E-state index in [1.54, 1.807) is 0 Å². The van der Waals surface area contributed by atoms with Crippen molar-refractivity contribution in [1.29, 1.82) is 0 Å². The van der Waals surface area contributed by atoms with Gasteiger partial charge in [0.05, 0.1) is 5.60 Å². The first-order valence-electron chi connectivity index (χ1n) is 8.12. The molecule has 3 fully saturated rings. The maximum absolute atomic E-state index is 12.7. The first kappa shape index (κ1) is 13.6. The zero-order chi connectivity index (χ0) is 13.3. The van der Waals surface area contributed by atoms with Gasteiger partial charge in [-0.05, 0) is 44.9 Å². The van der Waals surface area contributed by atoms with Gasteiger partial charge in [0, 0.05) is 24.5 Å². The van der Waals surface area contributed by atoms with Crippen LogP contribution < -0.4 is 5.73 Å². The second-order valence-corrected chi connectivity index (χ2v) is 6.95. The van der Waals surface area contributed by atoms with Crippen LogP contribution in [0.5, 0.6) is 0 Å². The third-order valence-electron chi connectivity index (χ3n) is 5.53. The van der Waals surface area contributed by atoms with Gasteiger partial charge in [0.2, 0.25) is 0 Å². The van der Waals surface area contributed by atoms with Gasteiger partial charge in [0.15, 0.2) is 0 Å². The minimum atomic E-state index is 0.0648. The molecule has 3 aliphatic rings. The predicted molar refractivity (Wildman–Crippen MR) is 74.8 cm³/mol. The minimum Gasteiger partial charge on any atom is -0.375 e. The van der Waals surface area contributed by atoms with Gasteiger partial charge < -0.3 is 10.5 Å². The second kappa shape index (κ2) is 5.53. The monoisotopic (exact) mass is 265 g/mol. The molecular weight excluding hydrogens is 238 g/mol. The van der Waals surface area contributed by atoms with E-state index in [1.165, 1.54) is 25.7 Å². The lowest BCUT2D eigenvalue weighted by Gasteiger charge is -2.39. The molecule has 1 aliphatic heterocycles. The minimum absolute atomic E-state index is 0.0648. The first-order valence-corrected chi connectivity index (χ1v) is 8.12. The average Bonchev–Trinajstić information content (AvgIpc) is 2.86. The van der Waals surface area contributed by atoms with Gasteiger partial charge in [-0.15, -0.1) is 0 Å². The van der Waals surface area contributed by atoms with Crippen LogP contribution in [0.25, 0.3) is 0 Å². The largest absolute Gasteiger partial charge is 0.375 e. The molecule has 2 aliphatic carbocycles. The molecule has 0 bridgehead atoms. The highest BCUT2D eigenvalue weighted by molar-refractivity contribution is 5.83. The highest BCUT2D eigenvalue weighted by Gasteiger charge is 2.43. The first-order chi connectivity index (χ1) is 9.19. The van der Waals surface area contributed by atoms with Crippen molar-refractivity contribution in [3.8, 4) is 0 Å². The van der Waals surface area contributed by atoms with Crippen molar-refractivity contribution in [2.24, 2.45) is 17.6 Å². The molecule has 108 valence electrons. The molecule has 2 N–H and O–H groups in total. The van der Waals surface area contributed by atoms with Crippen molar-refractivity contribution >= 4 is 5.78 Å². The van der Waals surface area contributed by atoms with Gasteiger partial charge in [0.1, 0.15) is 5.78 Å². The van der Waals surface area contributed by atoms with Crippen molar-refractivity contribution < 1.29 is 9.53 Å². The summed E-state index contributed by atoms with van der Waals surface area (Å²) in [5.74, 6) is 0.997. The standard InChI is InChI=1S/C16H27NO2/c17-14-5-3-4-12(10-14)15(18)13-6-9-19-16(11-13)7-1-2-8-16/h12-14H,1-11,17H2. The molecule has 3 nitrogen and oxygen atoms in total. The van der Waals surface area contributed by atoms with E-state index < -0.39 is 0 Å². The molecule has 3 unspecified atom stereocenters. The third-order valence-corrected chi connectivity index (χ3v) is 5.53. The van der Waals surface area contributed by atoms with E-state index in [1.807, 2.05) is 0 Å². The molecule has 1 spiro atoms. The van der Waals surface area contributed by atoms with Crippen molar-refractivity contribution in [2.45, 2.75) is 75.9 Å². The van der Waals surface area contributed by atoms with Crippen molar-refractivity contribution in [3.63, 3.8) is 0 Å². The molecule has 0 aromatic rings. The van der Waals surface area contributed by atoms with E-state index in [4.69, 9.17) is 10.5 Å². The Balaban J connectivity index is 1.62.